The van der Waals surface area contributed by atoms with Gasteiger partial charge in [-0.15, -0.1) is 11.3 Å². The van der Waals surface area contributed by atoms with E-state index in [1.54, 1.807) is 18.3 Å². The number of nitrogens with zero attached hydrogens (tertiary/aromatic N) is 1. The van der Waals surface area contributed by atoms with Crippen molar-refractivity contribution < 1.29 is 4.79 Å². The molecule has 1 saturated carbocycles. The lowest BCUT2D eigenvalue weighted by Gasteiger charge is -2.19. The van der Waals surface area contributed by atoms with Crippen molar-refractivity contribution in [3.63, 3.8) is 0 Å². The van der Waals surface area contributed by atoms with Crippen LogP contribution in [0.2, 0.25) is 0 Å². The minimum absolute atomic E-state index is 0.0779. The first-order valence-corrected chi connectivity index (χ1v) is 5.97. The molecular weight excluding hydrogens is 194 g/mol. The lowest BCUT2D eigenvalue weighted by molar-refractivity contribution is 0.101. The molecule has 0 N–H and O–H groups in total. The van der Waals surface area contributed by atoms with Crippen LogP contribution < -0.4 is 0 Å². The van der Waals surface area contributed by atoms with E-state index in [1.165, 1.54) is 25.7 Å². The molecular formula is C11H15NOS. The van der Waals surface area contributed by atoms with Crippen LogP contribution in [0.3, 0.4) is 0 Å². The predicted octanol–water partition coefficient (Wildman–Crippen LogP) is 3.18. The highest BCUT2D eigenvalue weighted by molar-refractivity contribution is 7.10. The average molecular weight is 209 g/mol. The van der Waals surface area contributed by atoms with Gasteiger partial charge in [-0.3, -0.25) is 4.79 Å². The van der Waals surface area contributed by atoms with Crippen LogP contribution >= 0.6 is 11.3 Å². The summed E-state index contributed by atoms with van der Waals surface area (Å²) in [7, 11) is 0. The Morgan fingerprint density at radius 3 is 2.64 bits per heavy atom. The van der Waals surface area contributed by atoms with Crippen molar-refractivity contribution in [1.29, 1.82) is 0 Å². The molecule has 0 spiro atoms. The van der Waals surface area contributed by atoms with Gasteiger partial charge < -0.3 is 0 Å². The number of carbonyl (C=O) groups is 1. The lowest BCUT2D eigenvalue weighted by Crippen LogP contribution is -2.16. The number of aromatic nitrogens is 1. The summed E-state index contributed by atoms with van der Waals surface area (Å²) in [5.41, 5.74) is 0.886. The Labute approximate surface area is 88.4 Å². The molecule has 0 aliphatic heterocycles. The van der Waals surface area contributed by atoms with E-state index in [0.29, 0.717) is 5.69 Å². The van der Waals surface area contributed by atoms with E-state index in [2.05, 4.69) is 11.9 Å². The number of hydrogen-bond donors (Lipinski definition) is 0. The molecule has 1 aromatic rings. The van der Waals surface area contributed by atoms with Gasteiger partial charge in [-0.25, -0.2) is 4.98 Å². The summed E-state index contributed by atoms with van der Waals surface area (Å²) < 4.78 is 0. The number of rotatable bonds is 2. The SMILES string of the molecule is CC(=O)c1csc(C2(C)CCCC2)n1. The second-order valence-corrected chi connectivity index (χ2v) is 5.22. The smallest absolute Gasteiger partial charge is 0.178 e. The third-order valence-electron chi connectivity index (χ3n) is 3.09. The summed E-state index contributed by atoms with van der Waals surface area (Å²) >= 11 is 1.64. The first kappa shape index (κ1) is 9.84. The van der Waals surface area contributed by atoms with Crippen LogP contribution in [0, 0.1) is 0 Å². The summed E-state index contributed by atoms with van der Waals surface area (Å²) in [5.74, 6) is 0.0779. The van der Waals surface area contributed by atoms with E-state index < -0.39 is 0 Å². The van der Waals surface area contributed by atoms with Crippen molar-refractivity contribution in [2.24, 2.45) is 0 Å². The van der Waals surface area contributed by atoms with Crippen LogP contribution in [0.5, 0.6) is 0 Å². The largest absolute Gasteiger partial charge is 0.293 e. The predicted molar refractivity (Wildman–Crippen MR) is 57.9 cm³/mol. The Hall–Kier alpha value is -0.700. The Bertz CT molecular complexity index is 350. The number of thiazole rings is 1. The van der Waals surface area contributed by atoms with Gasteiger partial charge in [-0.2, -0.15) is 0 Å². The molecule has 1 aliphatic carbocycles. The summed E-state index contributed by atoms with van der Waals surface area (Å²) in [6.07, 6.45) is 5.03. The van der Waals surface area contributed by atoms with Crippen LogP contribution in [0.25, 0.3) is 0 Å². The average Bonchev–Trinajstić information content (AvgIpc) is 2.71. The molecule has 0 bridgehead atoms. The molecule has 3 heteroatoms. The van der Waals surface area contributed by atoms with Gasteiger partial charge in [0.15, 0.2) is 5.78 Å². The van der Waals surface area contributed by atoms with Crippen LogP contribution in [0.4, 0.5) is 0 Å². The fourth-order valence-electron chi connectivity index (χ4n) is 2.08. The summed E-state index contributed by atoms with van der Waals surface area (Å²) in [4.78, 5) is 15.6. The number of Topliss-reactive ketones (excluding diaryl/α,β-unsaturated/α-hetero) is 1. The van der Waals surface area contributed by atoms with Crippen molar-refractivity contribution in [2.75, 3.05) is 0 Å². The highest BCUT2D eigenvalue weighted by Gasteiger charge is 2.33. The molecule has 1 aliphatic rings. The molecule has 0 atom stereocenters. The second kappa shape index (κ2) is 3.46. The minimum atomic E-state index is 0.0779. The highest BCUT2D eigenvalue weighted by atomic mass is 32.1. The second-order valence-electron chi connectivity index (χ2n) is 4.36. The standard InChI is InChI=1S/C11H15NOS/c1-8(13)9-7-14-10(12-9)11(2)5-3-4-6-11/h7H,3-6H2,1-2H3. The van der Waals surface area contributed by atoms with Gasteiger partial charge in [0.25, 0.3) is 0 Å². The zero-order valence-corrected chi connectivity index (χ0v) is 9.49. The molecule has 2 rings (SSSR count). The van der Waals surface area contributed by atoms with E-state index in [9.17, 15) is 4.79 Å². The molecule has 0 unspecified atom stereocenters. The molecule has 1 aromatic heterocycles. The van der Waals surface area contributed by atoms with E-state index in [1.807, 2.05) is 5.38 Å². The van der Waals surface area contributed by atoms with E-state index in [-0.39, 0.29) is 11.2 Å². The number of carbonyl (C=O) groups excluding carboxylic acids is 1. The van der Waals surface area contributed by atoms with Crippen LogP contribution in [0.15, 0.2) is 5.38 Å². The van der Waals surface area contributed by atoms with E-state index in [4.69, 9.17) is 0 Å². The van der Waals surface area contributed by atoms with Gasteiger partial charge in [0.2, 0.25) is 0 Å². The van der Waals surface area contributed by atoms with Gasteiger partial charge >= 0.3 is 0 Å². The van der Waals surface area contributed by atoms with Crippen molar-refractivity contribution in [3.05, 3.63) is 16.1 Å². The van der Waals surface area contributed by atoms with Crippen molar-refractivity contribution in [2.45, 2.75) is 44.9 Å². The fraction of sp³-hybridized carbons (Fsp3) is 0.636. The third kappa shape index (κ3) is 1.61. The third-order valence-corrected chi connectivity index (χ3v) is 4.24. The normalized spacial score (nSPS) is 19.9. The molecule has 14 heavy (non-hydrogen) atoms. The number of ketones is 1. The monoisotopic (exact) mass is 209 g/mol. The first-order valence-electron chi connectivity index (χ1n) is 5.09. The molecule has 0 radical (unpaired) electrons. The Morgan fingerprint density at radius 2 is 2.14 bits per heavy atom. The summed E-state index contributed by atoms with van der Waals surface area (Å²) in [5, 5.41) is 3.04. The van der Waals surface area contributed by atoms with Crippen molar-refractivity contribution in [1.82, 2.24) is 4.98 Å². The van der Waals surface area contributed by atoms with E-state index in [0.717, 1.165) is 5.01 Å². The van der Waals surface area contributed by atoms with Gasteiger partial charge in [0.1, 0.15) is 5.69 Å². The summed E-state index contributed by atoms with van der Waals surface area (Å²) in [6, 6.07) is 0. The van der Waals surface area contributed by atoms with Gasteiger partial charge in [0, 0.05) is 17.7 Å². The first-order chi connectivity index (χ1) is 6.62. The molecule has 1 fully saturated rings. The Balaban J connectivity index is 2.28. The Morgan fingerprint density at radius 1 is 1.50 bits per heavy atom. The van der Waals surface area contributed by atoms with Crippen molar-refractivity contribution in [3.8, 4) is 0 Å². The van der Waals surface area contributed by atoms with Gasteiger partial charge in [0.05, 0.1) is 5.01 Å². The molecule has 0 aromatic carbocycles. The van der Waals surface area contributed by atoms with Crippen LogP contribution in [-0.2, 0) is 5.41 Å². The Kier molecular flexibility index (Phi) is 2.43. The minimum Gasteiger partial charge on any atom is -0.293 e. The fourth-order valence-corrected chi connectivity index (χ4v) is 3.16. The molecule has 0 saturated heterocycles. The van der Waals surface area contributed by atoms with Crippen LogP contribution in [-0.4, -0.2) is 10.8 Å². The zero-order chi connectivity index (χ0) is 10.2. The van der Waals surface area contributed by atoms with Crippen LogP contribution in [0.1, 0.15) is 55.0 Å². The molecule has 0 amide bonds. The zero-order valence-electron chi connectivity index (χ0n) is 8.67. The van der Waals surface area contributed by atoms with Gasteiger partial charge in [-0.05, 0) is 12.8 Å². The highest BCUT2D eigenvalue weighted by Crippen LogP contribution is 2.41. The molecule has 2 nitrogen and oxygen atoms in total. The lowest BCUT2D eigenvalue weighted by atomic mass is 9.90. The van der Waals surface area contributed by atoms with Crippen molar-refractivity contribution >= 4 is 17.1 Å². The van der Waals surface area contributed by atoms with Gasteiger partial charge in [-0.1, -0.05) is 19.8 Å². The molecule has 1 heterocycles. The maximum absolute atomic E-state index is 11.1. The number of hydrogen-bond acceptors (Lipinski definition) is 3. The maximum Gasteiger partial charge on any atom is 0.178 e. The summed E-state index contributed by atoms with van der Waals surface area (Å²) in [6.45, 7) is 3.85. The molecule has 76 valence electrons. The topological polar surface area (TPSA) is 30.0 Å². The maximum atomic E-state index is 11.1. The quantitative estimate of drug-likeness (QED) is 0.700. The van der Waals surface area contributed by atoms with E-state index >= 15 is 0 Å².